The Hall–Kier alpha value is -2.03. The van der Waals surface area contributed by atoms with Crippen molar-refractivity contribution in [2.45, 2.75) is 33.2 Å². The Kier molecular flexibility index (Phi) is 5.42. The van der Waals surface area contributed by atoms with Crippen LogP contribution in [-0.4, -0.2) is 11.6 Å². The lowest BCUT2D eigenvalue weighted by Crippen LogP contribution is -2.02. The third kappa shape index (κ3) is 4.26. The Bertz CT molecular complexity index is 523. The SMILES string of the molecule is CCCCOc1ccc(CNc2cccnc2C)cc1. The van der Waals surface area contributed by atoms with Crippen molar-refractivity contribution in [2.24, 2.45) is 0 Å². The lowest BCUT2D eigenvalue weighted by atomic mass is 10.2. The van der Waals surface area contributed by atoms with Crippen molar-refractivity contribution in [3.8, 4) is 5.75 Å². The van der Waals surface area contributed by atoms with E-state index in [9.17, 15) is 0 Å². The topological polar surface area (TPSA) is 34.1 Å². The van der Waals surface area contributed by atoms with Gasteiger partial charge in [-0.15, -0.1) is 0 Å². The molecule has 0 amide bonds. The molecule has 3 heteroatoms. The van der Waals surface area contributed by atoms with Crippen molar-refractivity contribution < 1.29 is 4.74 Å². The van der Waals surface area contributed by atoms with Crippen LogP contribution in [0.2, 0.25) is 0 Å². The van der Waals surface area contributed by atoms with E-state index in [4.69, 9.17) is 4.74 Å². The summed E-state index contributed by atoms with van der Waals surface area (Å²) < 4.78 is 5.65. The number of ether oxygens (including phenoxy) is 1. The lowest BCUT2D eigenvalue weighted by Gasteiger charge is -2.10. The molecule has 0 aliphatic heterocycles. The monoisotopic (exact) mass is 270 g/mol. The van der Waals surface area contributed by atoms with E-state index in [1.807, 2.05) is 37.4 Å². The molecule has 0 atom stereocenters. The van der Waals surface area contributed by atoms with Crippen LogP contribution in [0.5, 0.6) is 5.75 Å². The van der Waals surface area contributed by atoms with Gasteiger partial charge in [0.1, 0.15) is 5.75 Å². The molecule has 2 rings (SSSR count). The average molecular weight is 270 g/mol. The molecule has 1 heterocycles. The molecule has 1 aromatic carbocycles. The van der Waals surface area contributed by atoms with Gasteiger partial charge in [0.15, 0.2) is 0 Å². The van der Waals surface area contributed by atoms with Crippen molar-refractivity contribution in [3.05, 3.63) is 53.9 Å². The van der Waals surface area contributed by atoms with Gasteiger partial charge >= 0.3 is 0 Å². The summed E-state index contributed by atoms with van der Waals surface area (Å²) in [5.74, 6) is 0.944. The predicted octanol–water partition coefficient (Wildman–Crippen LogP) is 4.18. The first-order valence-corrected chi connectivity index (χ1v) is 7.17. The molecule has 1 N–H and O–H groups in total. The number of unbranched alkanes of at least 4 members (excludes halogenated alkanes) is 1. The molecule has 0 saturated carbocycles. The summed E-state index contributed by atoms with van der Waals surface area (Å²) in [6.07, 6.45) is 4.07. The number of hydrogen-bond acceptors (Lipinski definition) is 3. The maximum absolute atomic E-state index is 5.65. The molecule has 0 bridgehead atoms. The zero-order chi connectivity index (χ0) is 14.2. The number of benzene rings is 1. The van der Waals surface area contributed by atoms with E-state index in [1.54, 1.807) is 0 Å². The third-order valence-electron chi connectivity index (χ3n) is 3.18. The Morgan fingerprint density at radius 1 is 1.15 bits per heavy atom. The molecule has 0 radical (unpaired) electrons. The van der Waals surface area contributed by atoms with Gasteiger partial charge in [0.25, 0.3) is 0 Å². The molecule has 0 saturated heterocycles. The second-order valence-corrected chi connectivity index (χ2v) is 4.84. The molecule has 1 aromatic heterocycles. The number of aromatic nitrogens is 1. The molecule has 106 valence electrons. The Labute approximate surface area is 121 Å². The zero-order valence-electron chi connectivity index (χ0n) is 12.2. The fraction of sp³-hybridized carbons (Fsp3) is 0.353. The lowest BCUT2D eigenvalue weighted by molar-refractivity contribution is 0.309. The summed E-state index contributed by atoms with van der Waals surface area (Å²) in [5, 5.41) is 3.40. The van der Waals surface area contributed by atoms with Crippen molar-refractivity contribution in [1.29, 1.82) is 0 Å². The summed E-state index contributed by atoms with van der Waals surface area (Å²) >= 11 is 0. The number of nitrogens with one attached hydrogen (secondary N) is 1. The van der Waals surface area contributed by atoms with Crippen LogP contribution in [0.1, 0.15) is 31.0 Å². The van der Waals surface area contributed by atoms with E-state index in [-0.39, 0.29) is 0 Å². The van der Waals surface area contributed by atoms with E-state index >= 15 is 0 Å². The van der Waals surface area contributed by atoms with E-state index in [0.717, 1.165) is 43.1 Å². The highest BCUT2D eigenvalue weighted by Gasteiger charge is 1.99. The minimum absolute atomic E-state index is 0.793. The summed E-state index contributed by atoms with van der Waals surface area (Å²) in [7, 11) is 0. The Balaban J connectivity index is 1.86. The van der Waals surface area contributed by atoms with Crippen LogP contribution < -0.4 is 10.1 Å². The fourth-order valence-corrected chi connectivity index (χ4v) is 1.91. The van der Waals surface area contributed by atoms with Crippen molar-refractivity contribution >= 4 is 5.69 Å². The molecule has 0 aliphatic carbocycles. The Morgan fingerprint density at radius 2 is 1.95 bits per heavy atom. The summed E-state index contributed by atoms with van der Waals surface area (Å²) in [6, 6.07) is 12.2. The van der Waals surface area contributed by atoms with E-state index in [1.165, 1.54) is 5.56 Å². The van der Waals surface area contributed by atoms with Gasteiger partial charge in [0.2, 0.25) is 0 Å². The van der Waals surface area contributed by atoms with Crippen LogP contribution in [-0.2, 0) is 6.54 Å². The van der Waals surface area contributed by atoms with Crippen LogP contribution in [0, 0.1) is 6.92 Å². The largest absolute Gasteiger partial charge is 0.494 e. The van der Waals surface area contributed by atoms with Crippen LogP contribution in [0.3, 0.4) is 0 Å². The molecule has 3 nitrogen and oxygen atoms in total. The quantitative estimate of drug-likeness (QED) is 0.766. The molecule has 20 heavy (non-hydrogen) atoms. The first-order chi connectivity index (χ1) is 9.79. The van der Waals surface area contributed by atoms with Gasteiger partial charge in [-0.3, -0.25) is 4.98 Å². The van der Waals surface area contributed by atoms with Crippen molar-refractivity contribution in [1.82, 2.24) is 4.98 Å². The highest BCUT2D eigenvalue weighted by Crippen LogP contribution is 2.15. The number of rotatable bonds is 7. The molecular weight excluding hydrogens is 248 g/mol. The standard InChI is InChI=1S/C17H22N2O/c1-3-4-12-20-16-9-7-15(8-10-16)13-19-17-6-5-11-18-14(17)2/h5-11,19H,3-4,12-13H2,1-2H3. The summed E-state index contributed by atoms with van der Waals surface area (Å²) in [6.45, 7) is 5.76. The Morgan fingerprint density at radius 3 is 2.65 bits per heavy atom. The second-order valence-electron chi connectivity index (χ2n) is 4.84. The van der Waals surface area contributed by atoms with Crippen LogP contribution in [0.15, 0.2) is 42.6 Å². The van der Waals surface area contributed by atoms with Gasteiger partial charge < -0.3 is 10.1 Å². The summed E-state index contributed by atoms with van der Waals surface area (Å²) in [4.78, 5) is 4.26. The van der Waals surface area contributed by atoms with E-state index in [0.29, 0.717) is 0 Å². The van der Waals surface area contributed by atoms with Gasteiger partial charge in [-0.05, 0) is 43.2 Å². The predicted molar refractivity (Wildman–Crippen MR) is 83.1 cm³/mol. The first-order valence-electron chi connectivity index (χ1n) is 7.17. The molecule has 0 fully saturated rings. The van der Waals surface area contributed by atoms with Crippen molar-refractivity contribution in [3.63, 3.8) is 0 Å². The number of pyridine rings is 1. The molecule has 0 unspecified atom stereocenters. The van der Waals surface area contributed by atoms with Gasteiger partial charge in [-0.25, -0.2) is 0 Å². The van der Waals surface area contributed by atoms with Gasteiger partial charge in [-0.1, -0.05) is 25.5 Å². The summed E-state index contributed by atoms with van der Waals surface area (Å²) in [5.41, 5.74) is 3.33. The first kappa shape index (κ1) is 14.4. The molecule has 2 aromatic rings. The van der Waals surface area contributed by atoms with Crippen LogP contribution >= 0.6 is 0 Å². The number of anilines is 1. The van der Waals surface area contributed by atoms with E-state index < -0.39 is 0 Å². The minimum Gasteiger partial charge on any atom is -0.494 e. The second kappa shape index (κ2) is 7.53. The third-order valence-corrected chi connectivity index (χ3v) is 3.18. The van der Waals surface area contributed by atoms with Crippen LogP contribution in [0.4, 0.5) is 5.69 Å². The van der Waals surface area contributed by atoms with Gasteiger partial charge in [-0.2, -0.15) is 0 Å². The van der Waals surface area contributed by atoms with Gasteiger partial charge in [0, 0.05) is 12.7 Å². The van der Waals surface area contributed by atoms with E-state index in [2.05, 4.69) is 29.4 Å². The van der Waals surface area contributed by atoms with Crippen molar-refractivity contribution in [2.75, 3.05) is 11.9 Å². The van der Waals surface area contributed by atoms with Gasteiger partial charge in [0.05, 0.1) is 18.0 Å². The normalized spacial score (nSPS) is 10.3. The minimum atomic E-state index is 0.793. The molecule has 0 spiro atoms. The maximum atomic E-state index is 5.65. The molecular formula is C17H22N2O. The molecule has 0 aliphatic rings. The number of hydrogen-bond donors (Lipinski definition) is 1. The highest BCUT2D eigenvalue weighted by molar-refractivity contribution is 5.47. The highest BCUT2D eigenvalue weighted by atomic mass is 16.5. The maximum Gasteiger partial charge on any atom is 0.119 e. The fourth-order valence-electron chi connectivity index (χ4n) is 1.91. The zero-order valence-corrected chi connectivity index (χ0v) is 12.2. The van der Waals surface area contributed by atoms with Crippen LogP contribution in [0.25, 0.3) is 0 Å². The smallest absolute Gasteiger partial charge is 0.119 e. The number of aryl methyl sites for hydroxylation is 1. The number of nitrogens with zero attached hydrogens (tertiary/aromatic N) is 1. The average Bonchev–Trinajstić information content (AvgIpc) is 2.48.